The van der Waals surface area contributed by atoms with E-state index < -0.39 is 0 Å². The molecule has 0 bridgehead atoms. The van der Waals surface area contributed by atoms with Crippen molar-refractivity contribution in [2.45, 2.75) is 39.2 Å². The van der Waals surface area contributed by atoms with Crippen LogP contribution in [0, 0.1) is 18.8 Å². The third-order valence-electron chi connectivity index (χ3n) is 6.48. The van der Waals surface area contributed by atoms with Gasteiger partial charge in [0.25, 0.3) is 11.8 Å². The molecule has 1 atom stereocenters. The molecular formula is C28H27N7O2. The van der Waals surface area contributed by atoms with Gasteiger partial charge in [0.2, 0.25) is 0 Å². The monoisotopic (exact) mass is 493 g/mol. The van der Waals surface area contributed by atoms with E-state index in [2.05, 4.69) is 27.1 Å². The summed E-state index contributed by atoms with van der Waals surface area (Å²) in [5, 5.41) is 2.82. The fourth-order valence-corrected chi connectivity index (χ4v) is 4.72. The Morgan fingerprint density at radius 2 is 1.92 bits per heavy atom. The number of nitrogens with one attached hydrogen (secondary N) is 1. The molecule has 3 N–H and O–H groups in total. The number of pyridine rings is 1. The zero-order chi connectivity index (χ0) is 25.9. The Morgan fingerprint density at radius 1 is 1.11 bits per heavy atom. The van der Waals surface area contributed by atoms with Crippen LogP contribution in [0.2, 0.25) is 0 Å². The van der Waals surface area contributed by atoms with Gasteiger partial charge in [-0.3, -0.25) is 14.0 Å². The molecule has 5 rings (SSSR count). The van der Waals surface area contributed by atoms with Crippen LogP contribution < -0.4 is 11.1 Å². The van der Waals surface area contributed by atoms with E-state index in [0.717, 1.165) is 36.2 Å². The maximum absolute atomic E-state index is 12.8. The number of nitrogens with two attached hydrogens (primary N) is 1. The van der Waals surface area contributed by atoms with Crippen molar-refractivity contribution in [2.75, 3.05) is 17.6 Å². The van der Waals surface area contributed by atoms with Crippen molar-refractivity contribution >= 4 is 29.0 Å². The van der Waals surface area contributed by atoms with E-state index in [0.29, 0.717) is 35.0 Å². The molecule has 4 heterocycles. The van der Waals surface area contributed by atoms with Gasteiger partial charge in [0.05, 0.1) is 6.04 Å². The molecule has 37 heavy (non-hydrogen) atoms. The minimum atomic E-state index is -0.255. The van der Waals surface area contributed by atoms with Crippen LogP contribution in [0.1, 0.15) is 54.0 Å². The van der Waals surface area contributed by atoms with Crippen molar-refractivity contribution in [1.29, 1.82) is 0 Å². The molecule has 1 aliphatic rings. The summed E-state index contributed by atoms with van der Waals surface area (Å²) in [4.78, 5) is 40.7. The molecule has 1 unspecified atom stereocenters. The van der Waals surface area contributed by atoms with E-state index in [-0.39, 0.29) is 17.9 Å². The average Bonchev–Trinajstić information content (AvgIpc) is 3.30. The summed E-state index contributed by atoms with van der Waals surface area (Å²) < 4.78 is 1.91. The fourth-order valence-electron chi connectivity index (χ4n) is 4.72. The lowest BCUT2D eigenvalue weighted by Gasteiger charge is -2.33. The quantitative estimate of drug-likeness (QED) is 0.415. The second kappa shape index (κ2) is 10.1. The molecule has 1 fully saturated rings. The third-order valence-corrected chi connectivity index (χ3v) is 6.48. The first-order chi connectivity index (χ1) is 18.0. The van der Waals surface area contributed by atoms with Gasteiger partial charge in [-0.2, -0.15) is 0 Å². The highest BCUT2D eigenvalue weighted by atomic mass is 16.2. The molecule has 9 heteroatoms. The summed E-state index contributed by atoms with van der Waals surface area (Å²) in [7, 11) is 0. The number of amides is 2. The van der Waals surface area contributed by atoms with Gasteiger partial charge in [0, 0.05) is 36.3 Å². The summed E-state index contributed by atoms with van der Waals surface area (Å²) in [6, 6.07) is 10.6. The van der Waals surface area contributed by atoms with Crippen molar-refractivity contribution in [2.24, 2.45) is 0 Å². The van der Waals surface area contributed by atoms with Crippen LogP contribution in [0.3, 0.4) is 0 Å². The molecule has 3 aromatic heterocycles. The molecule has 0 radical (unpaired) electrons. The molecule has 2 amide bonds. The SMILES string of the molecule is CC#CC(=O)N1CCCCC1c1nc(-c2ccc(C(=O)Nc3cc(C)ccn3)cc2)c2c(N)nccn12. The number of likely N-dealkylation sites (tertiary alicyclic amines) is 1. The number of piperidine rings is 1. The summed E-state index contributed by atoms with van der Waals surface area (Å²) >= 11 is 0. The van der Waals surface area contributed by atoms with E-state index in [9.17, 15) is 9.59 Å². The maximum atomic E-state index is 12.8. The second-order valence-corrected chi connectivity index (χ2v) is 8.98. The topological polar surface area (TPSA) is 119 Å². The summed E-state index contributed by atoms with van der Waals surface area (Å²) in [6.07, 6.45) is 7.79. The largest absolute Gasteiger partial charge is 0.382 e. The second-order valence-electron chi connectivity index (χ2n) is 8.98. The zero-order valence-corrected chi connectivity index (χ0v) is 20.7. The number of hydrogen-bond donors (Lipinski definition) is 2. The molecule has 4 aromatic rings. The number of anilines is 2. The number of aromatic nitrogens is 4. The van der Waals surface area contributed by atoms with Gasteiger partial charge in [-0.05, 0) is 68.9 Å². The van der Waals surface area contributed by atoms with Gasteiger partial charge < -0.3 is 16.0 Å². The Balaban J connectivity index is 1.50. The van der Waals surface area contributed by atoms with Crippen molar-refractivity contribution in [1.82, 2.24) is 24.3 Å². The highest BCUT2D eigenvalue weighted by Crippen LogP contribution is 2.35. The first-order valence-electron chi connectivity index (χ1n) is 12.2. The van der Waals surface area contributed by atoms with E-state index in [1.807, 2.05) is 41.8 Å². The first-order valence-corrected chi connectivity index (χ1v) is 12.2. The Hall–Kier alpha value is -4.71. The predicted molar refractivity (Wildman–Crippen MR) is 142 cm³/mol. The number of rotatable bonds is 4. The number of benzene rings is 1. The minimum Gasteiger partial charge on any atom is -0.382 e. The highest BCUT2D eigenvalue weighted by molar-refractivity contribution is 6.04. The third kappa shape index (κ3) is 4.74. The zero-order valence-electron chi connectivity index (χ0n) is 20.7. The van der Waals surface area contributed by atoms with Crippen LogP contribution in [-0.4, -0.2) is 42.6 Å². The smallest absolute Gasteiger partial charge is 0.299 e. The summed E-state index contributed by atoms with van der Waals surface area (Å²) in [5.41, 5.74) is 9.91. The van der Waals surface area contributed by atoms with Crippen molar-refractivity contribution < 1.29 is 9.59 Å². The van der Waals surface area contributed by atoms with E-state index >= 15 is 0 Å². The Kier molecular flexibility index (Phi) is 6.56. The van der Waals surface area contributed by atoms with Crippen LogP contribution in [0.25, 0.3) is 16.8 Å². The highest BCUT2D eigenvalue weighted by Gasteiger charge is 2.32. The molecule has 186 valence electrons. The van der Waals surface area contributed by atoms with Gasteiger partial charge in [0.15, 0.2) is 0 Å². The summed E-state index contributed by atoms with van der Waals surface area (Å²) in [6.45, 7) is 4.23. The van der Waals surface area contributed by atoms with Crippen molar-refractivity contribution in [3.05, 3.63) is 71.9 Å². The number of nitrogens with zero attached hydrogens (tertiary/aromatic N) is 5. The first kappa shape index (κ1) is 24.0. The number of aryl methyl sites for hydroxylation is 1. The lowest BCUT2D eigenvalue weighted by Crippen LogP contribution is -2.38. The van der Waals surface area contributed by atoms with Crippen LogP contribution >= 0.6 is 0 Å². The number of imidazole rings is 1. The van der Waals surface area contributed by atoms with E-state index in [1.54, 1.807) is 36.4 Å². The molecule has 0 saturated carbocycles. The predicted octanol–water partition coefficient (Wildman–Crippen LogP) is 4.01. The Morgan fingerprint density at radius 3 is 2.68 bits per heavy atom. The van der Waals surface area contributed by atoms with Crippen LogP contribution in [0.4, 0.5) is 11.6 Å². The number of carbonyl (C=O) groups is 2. The van der Waals surface area contributed by atoms with Crippen LogP contribution in [0.5, 0.6) is 0 Å². The van der Waals surface area contributed by atoms with Crippen LogP contribution in [0.15, 0.2) is 55.0 Å². The van der Waals surface area contributed by atoms with Gasteiger partial charge in [0.1, 0.15) is 28.7 Å². The van der Waals surface area contributed by atoms with Gasteiger partial charge in [-0.25, -0.2) is 15.0 Å². The normalized spacial score (nSPS) is 15.2. The molecule has 0 aliphatic carbocycles. The molecule has 1 aliphatic heterocycles. The van der Waals surface area contributed by atoms with Crippen LogP contribution in [-0.2, 0) is 4.79 Å². The summed E-state index contributed by atoms with van der Waals surface area (Å²) in [5.74, 6) is 6.48. The molecule has 1 aromatic carbocycles. The van der Waals surface area contributed by atoms with E-state index in [4.69, 9.17) is 10.7 Å². The van der Waals surface area contributed by atoms with Crippen molar-refractivity contribution in [3.8, 4) is 23.1 Å². The van der Waals surface area contributed by atoms with Crippen molar-refractivity contribution in [3.63, 3.8) is 0 Å². The van der Waals surface area contributed by atoms with E-state index in [1.165, 1.54) is 0 Å². The lowest BCUT2D eigenvalue weighted by atomic mass is 10.0. The van der Waals surface area contributed by atoms with Gasteiger partial charge >= 0.3 is 0 Å². The standard InChI is InChI=1S/C28H27N7O2/c1-3-6-23(36)34-15-5-4-7-21(34)27-33-24(25-26(29)31-14-16-35(25)27)19-8-10-20(11-9-19)28(37)32-22-17-18(2)12-13-30-22/h8-14,16-17,21H,4-5,7,15H2,1-2H3,(H2,29,31)(H,30,32,37). The number of carbonyl (C=O) groups excluding carboxylic acids is 2. The lowest BCUT2D eigenvalue weighted by molar-refractivity contribution is -0.129. The number of fused-ring (bicyclic) bond motifs is 1. The number of nitrogen functional groups attached to an aromatic ring is 1. The Labute approximate surface area is 214 Å². The fraction of sp³-hybridized carbons (Fsp3) is 0.250. The molecular weight excluding hydrogens is 466 g/mol. The van der Waals surface area contributed by atoms with Gasteiger partial charge in [-0.1, -0.05) is 18.1 Å². The molecule has 0 spiro atoms. The molecule has 9 nitrogen and oxygen atoms in total. The van der Waals surface area contributed by atoms with Gasteiger partial charge in [-0.15, -0.1) is 0 Å². The molecule has 1 saturated heterocycles. The average molecular weight is 494 g/mol. The number of hydrogen-bond acceptors (Lipinski definition) is 6. The maximum Gasteiger partial charge on any atom is 0.299 e. The minimum absolute atomic E-state index is 0.203. The Bertz CT molecular complexity index is 1550.